The van der Waals surface area contributed by atoms with Crippen LogP contribution in [0.2, 0.25) is 0 Å². The van der Waals surface area contributed by atoms with E-state index in [0.717, 1.165) is 22.4 Å². The minimum Gasteiger partial charge on any atom is -0.478 e. The van der Waals surface area contributed by atoms with Gasteiger partial charge in [-0.1, -0.05) is 6.07 Å². The fourth-order valence-electron chi connectivity index (χ4n) is 2.07. The molecule has 0 spiro atoms. The minimum absolute atomic E-state index is 0.0364. The number of anilines is 1. The minimum atomic E-state index is -1.10. The highest BCUT2D eigenvalue weighted by atomic mass is 32.1. The average Bonchev–Trinajstić information content (AvgIpc) is 3.04. The van der Waals surface area contributed by atoms with Crippen LogP contribution in [0.4, 0.5) is 5.00 Å². The summed E-state index contributed by atoms with van der Waals surface area (Å²) in [5.74, 6) is -1.46. The monoisotopic (exact) mass is 301 g/mol. The number of nitrogens with zero attached hydrogens (tertiary/aromatic N) is 1. The molecule has 106 valence electrons. The Morgan fingerprint density at radius 1 is 1.33 bits per heavy atom. The molecule has 0 atom stereocenters. The first-order valence-electron chi connectivity index (χ1n) is 6.14. The van der Waals surface area contributed by atoms with Gasteiger partial charge in [-0.15, -0.1) is 0 Å². The number of carbonyl (C=O) groups is 2. The maximum atomic E-state index is 12.2. The number of fused-ring (bicyclic) bond motifs is 1. The number of hydrogen-bond acceptors (Lipinski definition) is 4. The van der Waals surface area contributed by atoms with Crippen LogP contribution in [0.15, 0.2) is 30.5 Å². The SMILES string of the molecule is Cc1nsc(NC(=O)c2ccc3cc[nH]c3c2)c1C(=O)O. The molecule has 1 amide bonds. The molecule has 7 heteroatoms. The van der Waals surface area contributed by atoms with Crippen molar-refractivity contribution in [2.45, 2.75) is 6.92 Å². The molecule has 21 heavy (non-hydrogen) atoms. The largest absolute Gasteiger partial charge is 0.478 e. The highest BCUT2D eigenvalue weighted by Crippen LogP contribution is 2.25. The third-order valence-electron chi connectivity index (χ3n) is 3.12. The fourth-order valence-corrected chi connectivity index (χ4v) is 2.86. The predicted octanol–water partition coefficient (Wildman–Crippen LogP) is 2.88. The van der Waals surface area contributed by atoms with E-state index >= 15 is 0 Å². The number of aromatic amines is 1. The van der Waals surface area contributed by atoms with E-state index in [1.807, 2.05) is 12.1 Å². The van der Waals surface area contributed by atoms with E-state index < -0.39 is 5.97 Å². The van der Waals surface area contributed by atoms with E-state index in [0.29, 0.717) is 11.3 Å². The number of hydrogen-bond donors (Lipinski definition) is 3. The highest BCUT2D eigenvalue weighted by Gasteiger charge is 2.19. The molecule has 2 aromatic heterocycles. The molecule has 2 heterocycles. The Morgan fingerprint density at radius 2 is 2.14 bits per heavy atom. The molecule has 0 saturated heterocycles. The number of aryl methyl sites for hydroxylation is 1. The Kier molecular flexibility index (Phi) is 3.19. The van der Waals surface area contributed by atoms with Gasteiger partial charge >= 0.3 is 5.97 Å². The number of carboxylic acids is 1. The number of benzene rings is 1. The van der Waals surface area contributed by atoms with Crippen molar-refractivity contribution >= 4 is 39.3 Å². The van der Waals surface area contributed by atoms with E-state index in [4.69, 9.17) is 5.11 Å². The molecule has 0 bridgehead atoms. The van der Waals surface area contributed by atoms with Crippen molar-refractivity contribution in [1.29, 1.82) is 0 Å². The van der Waals surface area contributed by atoms with Crippen molar-refractivity contribution in [3.63, 3.8) is 0 Å². The molecule has 0 radical (unpaired) electrons. The van der Waals surface area contributed by atoms with Crippen LogP contribution < -0.4 is 5.32 Å². The van der Waals surface area contributed by atoms with Gasteiger partial charge in [0.2, 0.25) is 0 Å². The number of aromatic nitrogens is 2. The average molecular weight is 301 g/mol. The Hall–Kier alpha value is -2.67. The van der Waals surface area contributed by atoms with Gasteiger partial charge in [0.25, 0.3) is 5.91 Å². The number of rotatable bonds is 3. The first-order valence-corrected chi connectivity index (χ1v) is 6.91. The number of aromatic carboxylic acids is 1. The standard InChI is InChI=1S/C14H11N3O3S/c1-7-11(14(19)20)13(21-17-7)16-12(18)9-3-2-8-4-5-15-10(8)6-9/h2-6,15H,1H3,(H,16,18)(H,19,20). The summed E-state index contributed by atoms with van der Waals surface area (Å²) in [5, 5.41) is 13.0. The van der Waals surface area contributed by atoms with E-state index in [2.05, 4.69) is 14.7 Å². The molecule has 3 aromatic rings. The lowest BCUT2D eigenvalue weighted by molar-refractivity contribution is 0.0697. The second-order valence-corrected chi connectivity index (χ2v) is 5.28. The van der Waals surface area contributed by atoms with Crippen molar-refractivity contribution in [3.8, 4) is 0 Å². The Morgan fingerprint density at radius 3 is 2.90 bits per heavy atom. The number of nitrogens with one attached hydrogen (secondary N) is 2. The van der Waals surface area contributed by atoms with Crippen LogP contribution in [0, 0.1) is 6.92 Å². The summed E-state index contributed by atoms with van der Waals surface area (Å²) in [4.78, 5) is 26.4. The topological polar surface area (TPSA) is 95.1 Å². The van der Waals surface area contributed by atoms with Crippen molar-refractivity contribution in [2.24, 2.45) is 0 Å². The number of H-pyrrole nitrogens is 1. The van der Waals surface area contributed by atoms with Gasteiger partial charge in [0.15, 0.2) is 0 Å². The van der Waals surface area contributed by atoms with E-state index in [1.165, 1.54) is 0 Å². The molecule has 0 unspecified atom stereocenters. The summed E-state index contributed by atoms with van der Waals surface area (Å²) in [6, 6.07) is 7.15. The zero-order valence-corrected chi connectivity index (χ0v) is 11.8. The first-order chi connectivity index (χ1) is 10.1. The van der Waals surface area contributed by atoms with Gasteiger partial charge in [0.05, 0.1) is 5.69 Å². The first kappa shape index (κ1) is 13.3. The Labute approximate surface area is 123 Å². The van der Waals surface area contributed by atoms with Crippen LogP contribution in [0.3, 0.4) is 0 Å². The molecule has 0 saturated carbocycles. The zero-order valence-electron chi connectivity index (χ0n) is 11.0. The van der Waals surface area contributed by atoms with Crippen LogP contribution in [-0.2, 0) is 0 Å². The number of amides is 1. The van der Waals surface area contributed by atoms with Crippen LogP contribution in [0.25, 0.3) is 10.9 Å². The van der Waals surface area contributed by atoms with Gasteiger partial charge in [0, 0.05) is 17.3 Å². The summed E-state index contributed by atoms with van der Waals surface area (Å²) in [5.41, 5.74) is 1.73. The van der Waals surface area contributed by atoms with Gasteiger partial charge in [-0.05, 0) is 42.0 Å². The summed E-state index contributed by atoms with van der Waals surface area (Å²) < 4.78 is 3.97. The quantitative estimate of drug-likeness (QED) is 0.693. The van der Waals surface area contributed by atoms with Gasteiger partial charge < -0.3 is 15.4 Å². The molecule has 0 aliphatic rings. The normalized spacial score (nSPS) is 10.7. The van der Waals surface area contributed by atoms with E-state index in [9.17, 15) is 9.59 Å². The van der Waals surface area contributed by atoms with Crippen LogP contribution in [0.1, 0.15) is 26.4 Å². The third kappa shape index (κ3) is 2.38. The second kappa shape index (κ2) is 5.02. The molecule has 6 nitrogen and oxygen atoms in total. The molecule has 1 aromatic carbocycles. The summed E-state index contributed by atoms with van der Waals surface area (Å²) >= 11 is 0.962. The van der Waals surface area contributed by atoms with Crippen LogP contribution in [0.5, 0.6) is 0 Å². The van der Waals surface area contributed by atoms with Crippen molar-refractivity contribution in [1.82, 2.24) is 9.36 Å². The maximum Gasteiger partial charge on any atom is 0.340 e. The Balaban J connectivity index is 1.91. The van der Waals surface area contributed by atoms with Crippen molar-refractivity contribution < 1.29 is 14.7 Å². The smallest absolute Gasteiger partial charge is 0.340 e. The van der Waals surface area contributed by atoms with E-state index in [-0.39, 0.29) is 16.5 Å². The van der Waals surface area contributed by atoms with Gasteiger partial charge in [-0.3, -0.25) is 4.79 Å². The number of carbonyl (C=O) groups excluding carboxylic acids is 1. The van der Waals surface area contributed by atoms with Gasteiger partial charge in [-0.2, -0.15) is 4.37 Å². The third-order valence-corrected chi connectivity index (χ3v) is 3.97. The predicted molar refractivity (Wildman–Crippen MR) is 80.1 cm³/mol. The molecule has 0 aliphatic heterocycles. The Bertz CT molecular complexity index is 850. The summed E-state index contributed by atoms with van der Waals surface area (Å²) in [7, 11) is 0. The van der Waals surface area contributed by atoms with Gasteiger partial charge in [0.1, 0.15) is 10.6 Å². The lowest BCUT2D eigenvalue weighted by atomic mass is 10.1. The number of carboxylic acid groups (broad SMARTS) is 1. The highest BCUT2D eigenvalue weighted by molar-refractivity contribution is 7.11. The molecular weight excluding hydrogens is 290 g/mol. The lowest BCUT2D eigenvalue weighted by Crippen LogP contribution is -2.13. The van der Waals surface area contributed by atoms with Crippen molar-refractivity contribution in [3.05, 3.63) is 47.3 Å². The fraction of sp³-hybridized carbons (Fsp3) is 0.0714. The summed E-state index contributed by atoms with van der Waals surface area (Å²) in [6.45, 7) is 1.60. The van der Waals surface area contributed by atoms with Crippen LogP contribution >= 0.6 is 11.5 Å². The molecule has 0 fully saturated rings. The van der Waals surface area contributed by atoms with Crippen molar-refractivity contribution in [2.75, 3.05) is 5.32 Å². The molecule has 0 aliphatic carbocycles. The molecular formula is C14H11N3O3S. The molecule has 3 rings (SSSR count). The summed E-state index contributed by atoms with van der Waals surface area (Å²) in [6.07, 6.45) is 1.79. The maximum absolute atomic E-state index is 12.2. The molecule has 3 N–H and O–H groups in total. The van der Waals surface area contributed by atoms with Crippen LogP contribution in [-0.4, -0.2) is 26.3 Å². The van der Waals surface area contributed by atoms with Gasteiger partial charge in [-0.25, -0.2) is 4.79 Å². The second-order valence-electron chi connectivity index (χ2n) is 4.51. The lowest BCUT2D eigenvalue weighted by Gasteiger charge is -2.04. The van der Waals surface area contributed by atoms with E-state index in [1.54, 1.807) is 25.3 Å². The zero-order chi connectivity index (χ0) is 15.0.